The van der Waals surface area contributed by atoms with Crippen LogP contribution in [-0.2, 0) is 6.54 Å². The van der Waals surface area contributed by atoms with E-state index in [2.05, 4.69) is 30.9 Å². The van der Waals surface area contributed by atoms with Gasteiger partial charge in [0.15, 0.2) is 0 Å². The molecule has 1 amide bonds. The van der Waals surface area contributed by atoms with E-state index in [1.165, 1.54) is 5.56 Å². The maximum absolute atomic E-state index is 10.7. The van der Waals surface area contributed by atoms with Gasteiger partial charge < -0.3 is 10.5 Å². The highest BCUT2D eigenvalue weighted by Crippen LogP contribution is 2.22. The summed E-state index contributed by atoms with van der Waals surface area (Å²) in [5, 5.41) is 2.17. The monoisotopic (exact) mass is 272 g/mol. The van der Waals surface area contributed by atoms with Crippen LogP contribution in [0.4, 0.5) is 4.79 Å². The Labute approximate surface area is 119 Å². The minimum atomic E-state index is -0.789. The lowest BCUT2D eigenvalue weighted by atomic mass is 10.1. The second kappa shape index (κ2) is 6.39. The fraction of sp³-hybridized carbons (Fsp3) is 0.312. The van der Waals surface area contributed by atoms with Crippen LogP contribution >= 0.6 is 0 Å². The highest BCUT2D eigenvalue weighted by atomic mass is 16.5. The first-order valence-electron chi connectivity index (χ1n) is 6.84. The molecule has 0 saturated carbocycles. The van der Waals surface area contributed by atoms with Crippen molar-refractivity contribution in [3.05, 3.63) is 42.0 Å². The standard InChI is InChI=1S/C16H20N2O2/c1-3-18(4-2)11-12-5-6-14-10-15(20-16(17)19)8-7-13(14)9-12/h5-10H,3-4,11H2,1-2H3,(H2,17,19). The molecule has 0 radical (unpaired) electrons. The molecule has 2 aromatic carbocycles. The Morgan fingerprint density at radius 1 is 1.10 bits per heavy atom. The molecule has 0 atom stereocenters. The van der Waals surface area contributed by atoms with Gasteiger partial charge in [-0.05, 0) is 47.6 Å². The molecule has 2 rings (SSSR count). The molecule has 0 bridgehead atoms. The van der Waals surface area contributed by atoms with Crippen LogP contribution in [0.1, 0.15) is 19.4 Å². The number of nitrogens with zero attached hydrogens (tertiary/aromatic N) is 1. The Bertz CT molecular complexity index is 606. The number of carbonyl (C=O) groups is 1. The van der Waals surface area contributed by atoms with Gasteiger partial charge in [-0.2, -0.15) is 0 Å². The molecule has 0 aliphatic rings. The molecule has 0 spiro atoms. The van der Waals surface area contributed by atoms with Crippen LogP contribution in [0.15, 0.2) is 36.4 Å². The van der Waals surface area contributed by atoms with Crippen LogP contribution < -0.4 is 10.5 Å². The van der Waals surface area contributed by atoms with Crippen molar-refractivity contribution in [3.8, 4) is 5.75 Å². The number of primary amides is 1. The fourth-order valence-corrected chi connectivity index (χ4v) is 2.26. The number of hydrogen-bond donors (Lipinski definition) is 1. The lowest BCUT2D eigenvalue weighted by Gasteiger charge is -2.18. The van der Waals surface area contributed by atoms with Gasteiger partial charge in [-0.1, -0.05) is 32.0 Å². The molecule has 2 N–H and O–H groups in total. The van der Waals surface area contributed by atoms with E-state index in [0.717, 1.165) is 30.4 Å². The molecule has 0 aliphatic carbocycles. The van der Waals surface area contributed by atoms with E-state index in [1.807, 2.05) is 18.2 Å². The zero-order valence-electron chi connectivity index (χ0n) is 11.9. The Kier molecular flexibility index (Phi) is 4.58. The summed E-state index contributed by atoms with van der Waals surface area (Å²) in [6, 6.07) is 11.8. The molecule has 0 saturated heterocycles. The van der Waals surface area contributed by atoms with Crippen molar-refractivity contribution < 1.29 is 9.53 Å². The Morgan fingerprint density at radius 3 is 2.40 bits per heavy atom. The molecule has 2 aromatic rings. The van der Waals surface area contributed by atoms with Gasteiger partial charge in [-0.3, -0.25) is 4.90 Å². The van der Waals surface area contributed by atoms with Gasteiger partial charge in [-0.15, -0.1) is 0 Å². The molecule has 4 nitrogen and oxygen atoms in total. The Morgan fingerprint density at radius 2 is 1.75 bits per heavy atom. The van der Waals surface area contributed by atoms with Crippen molar-refractivity contribution in [2.24, 2.45) is 5.73 Å². The Hall–Kier alpha value is -2.07. The van der Waals surface area contributed by atoms with Crippen LogP contribution in [-0.4, -0.2) is 24.1 Å². The second-order valence-electron chi connectivity index (χ2n) is 4.73. The van der Waals surface area contributed by atoms with Gasteiger partial charge in [0, 0.05) is 6.54 Å². The number of benzene rings is 2. The minimum Gasteiger partial charge on any atom is -0.410 e. The summed E-state index contributed by atoms with van der Waals surface area (Å²) in [6.45, 7) is 7.36. The van der Waals surface area contributed by atoms with E-state index in [0.29, 0.717) is 5.75 Å². The van der Waals surface area contributed by atoms with Gasteiger partial charge >= 0.3 is 6.09 Å². The van der Waals surface area contributed by atoms with Gasteiger partial charge in [0.1, 0.15) is 5.75 Å². The van der Waals surface area contributed by atoms with Gasteiger partial charge in [-0.25, -0.2) is 4.79 Å². The average Bonchev–Trinajstić information content (AvgIpc) is 2.44. The molecular formula is C16H20N2O2. The molecule has 0 unspecified atom stereocenters. The van der Waals surface area contributed by atoms with Crippen molar-refractivity contribution in [1.82, 2.24) is 4.90 Å². The predicted octanol–water partition coefficient (Wildman–Crippen LogP) is 3.14. The molecule has 0 fully saturated rings. The highest BCUT2D eigenvalue weighted by Gasteiger charge is 2.04. The first-order chi connectivity index (χ1) is 9.62. The van der Waals surface area contributed by atoms with Crippen LogP contribution in [0.25, 0.3) is 10.8 Å². The summed E-state index contributed by atoms with van der Waals surface area (Å²) < 4.78 is 4.88. The van der Waals surface area contributed by atoms with Crippen LogP contribution in [0, 0.1) is 0 Å². The number of amides is 1. The number of ether oxygens (including phenoxy) is 1. The number of fused-ring (bicyclic) bond motifs is 1. The third-order valence-corrected chi connectivity index (χ3v) is 3.40. The topological polar surface area (TPSA) is 55.6 Å². The van der Waals surface area contributed by atoms with Crippen molar-refractivity contribution in [1.29, 1.82) is 0 Å². The van der Waals surface area contributed by atoms with Crippen LogP contribution in [0.5, 0.6) is 5.75 Å². The molecule has 0 aliphatic heterocycles. The maximum atomic E-state index is 10.7. The summed E-state index contributed by atoms with van der Waals surface area (Å²) in [4.78, 5) is 13.1. The van der Waals surface area contributed by atoms with Crippen LogP contribution in [0.3, 0.4) is 0 Å². The first kappa shape index (κ1) is 14.3. The molecule has 0 heterocycles. The van der Waals surface area contributed by atoms with Gasteiger partial charge in [0.25, 0.3) is 0 Å². The van der Waals surface area contributed by atoms with E-state index in [4.69, 9.17) is 10.5 Å². The number of nitrogens with two attached hydrogens (primary N) is 1. The lowest BCUT2D eigenvalue weighted by Crippen LogP contribution is -2.21. The zero-order chi connectivity index (χ0) is 14.5. The largest absolute Gasteiger partial charge is 0.410 e. The summed E-state index contributed by atoms with van der Waals surface area (Å²) >= 11 is 0. The first-order valence-corrected chi connectivity index (χ1v) is 6.84. The molecular weight excluding hydrogens is 252 g/mol. The SMILES string of the molecule is CCN(CC)Cc1ccc2cc(OC(N)=O)ccc2c1. The fourth-order valence-electron chi connectivity index (χ4n) is 2.26. The minimum absolute atomic E-state index is 0.474. The van der Waals surface area contributed by atoms with Gasteiger partial charge in [0.2, 0.25) is 0 Å². The smallest absolute Gasteiger partial charge is 0.409 e. The number of rotatable bonds is 5. The second-order valence-corrected chi connectivity index (χ2v) is 4.73. The summed E-state index contributed by atoms with van der Waals surface area (Å²) in [5.74, 6) is 0.474. The highest BCUT2D eigenvalue weighted by molar-refractivity contribution is 5.85. The van der Waals surface area contributed by atoms with E-state index in [1.54, 1.807) is 6.07 Å². The predicted molar refractivity (Wildman–Crippen MR) is 80.8 cm³/mol. The van der Waals surface area contributed by atoms with Crippen LogP contribution in [0.2, 0.25) is 0 Å². The normalized spacial score (nSPS) is 10.9. The molecule has 4 heteroatoms. The molecule has 20 heavy (non-hydrogen) atoms. The lowest BCUT2D eigenvalue weighted by molar-refractivity contribution is 0.211. The summed E-state index contributed by atoms with van der Waals surface area (Å²) in [5.41, 5.74) is 6.29. The van der Waals surface area contributed by atoms with E-state index < -0.39 is 6.09 Å². The maximum Gasteiger partial charge on any atom is 0.409 e. The van der Waals surface area contributed by atoms with E-state index >= 15 is 0 Å². The van der Waals surface area contributed by atoms with Crippen molar-refractivity contribution in [3.63, 3.8) is 0 Å². The van der Waals surface area contributed by atoms with Crippen molar-refractivity contribution in [2.75, 3.05) is 13.1 Å². The van der Waals surface area contributed by atoms with E-state index in [9.17, 15) is 4.79 Å². The number of carbonyl (C=O) groups excluding carboxylic acids is 1. The molecule has 0 aromatic heterocycles. The third kappa shape index (κ3) is 3.48. The zero-order valence-corrected chi connectivity index (χ0v) is 11.9. The Balaban J connectivity index is 2.24. The summed E-state index contributed by atoms with van der Waals surface area (Å²) in [7, 11) is 0. The van der Waals surface area contributed by atoms with Crippen molar-refractivity contribution >= 4 is 16.9 Å². The molecule has 106 valence electrons. The van der Waals surface area contributed by atoms with E-state index in [-0.39, 0.29) is 0 Å². The van der Waals surface area contributed by atoms with Gasteiger partial charge in [0.05, 0.1) is 0 Å². The average molecular weight is 272 g/mol. The summed E-state index contributed by atoms with van der Waals surface area (Å²) in [6.07, 6.45) is -0.789. The third-order valence-electron chi connectivity index (χ3n) is 3.40. The van der Waals surface area contributed by atoms with Crippen molar-refractivity contribution in [2.45, 2.75) is 20.4 Å². The number of hydrogen-bond acceptors (Lipinski definition) is 3. The quantitative estimate of drug-likeness (QED) is 0.909.